The molecule has 20 heavy (non-hydrogen) atoms. The van der Waals surface area contributed by atoms with Crippen molar-refractivity contribution in [1.29, 1.82) is 0 Å². The molecule has 0 saturated heterocycles. The lowest BCUT2D eigenvalue weighted by Crippen LogP contribution is -2.31. The van der Waals surface area contributed by atoms with Crippen LogP contribution in [0.4, 0.5) is 5.69 Å². The normalized spacial score (nSPS) is 11.3. The molecule has 2 rings (SSSR count). The molecule has 0 N–H and O–H groups in total. The summed E-state index contributed by atoms with van der Waals surface area (Å²) >= 11 is 3.33. The number of para-hydroxylation sites is 1. The molecule has 3 nitrogen and oxygen atoms in total. The van der Waals surface area contributed by atoms with Gasteiger partial charge in [-0.1, -0.05) is 40.2 Å². The van der Waals surface area contributed by atoms with Gasteiger partial charge in [0.1, 0.15) is 0 Å². The topological polar surface area (TPSA) is 37.4 Å². The van der Waals surface area contributed by atoms with Crippen LogP contribution in [0.25, 0.3) is 0 Å². The minimum atomic E-state index is -3.55. The van der Waals surface area contributed by atoms with Gasteiger partial charge in [-0.2, -0.15) is 0 Å². The molecule has 2 aromatic carbocycles. The predicted molar refractivity (Wildman–Crippen MR) is 85.5 cm³/mol. The molecule has 0 aliphatic carbocycles. The van der Waals surface area contributed by atoms with E-state index in [0.29, 0.717) is 17.1 Å². The second-order valence-electron chi connectivity index (χ2n) is 4.42. The third-order valence-electron chi connectivity index (χ3n) is 3.05. The highest BCUT2D eigenvalue weighted by Crippen LogP contribution is 2.27. The minimum absolute atomic E-state index is 0.331. The maximum absolute atomic E-state index is 12.8. The van der Waals surface area contributed by atoms with Gasteiger partial charge >= 0.3 is 0 Å². The lowest BCUT2D eigenvalue weighted by Gasteiger charge is -2.23. The van der Waals surface area contributed by atoms with Crippen LogP contribution in [0.15, 0.2) is 57.9 Å². The fourth-order valence-electron chi connectivity index (χ4n) is 2.06. The predicted octanol–water partition coefficient (Wildman–Crippen LogP) is 3.97. The van der Waals surface area contributed by atoms with Crippen molar-refractivity contribution in [3.05, 3.63) is 58.6 Å². The highest BCUT2D eigenvalue weighted by molar-refractivity contribution is 9.10. The summed E-state index contributed by atoms with van der Waals surface area (Å²) in [7, 11) is -3.55. The number of hydrogen-bond donors (Lipinski definition) is 0. The maximum Gasteiger partial charge on any atom is 0.264 e. The lowest BCUT2D eigenvalue weighted by atomic mass is 10.2. The summed E-state index contributed by atoms with van der Waals surface area (Å²) in [5.41, 5.74) is 1.41. The summed E-state index contributed by atoms with van der Waals surface area (Å²) in [5, 5.41) is 0. The number of nitrogens with zero attached hydrogens (tertiary/aromatic N) is 1. The summed E-state index contributed by atoms with van der Waals surface area (Å²) in [6, 6.07) is 14.4. The molecule has 0 amide bonds. The van der Waals surface area contributed by atoms with Crippen LogP contribution < -0.4 is 4.31 Å². The molecule has 0 radical (unpaired) electrons. The van der Waals surface area contributed by atoms with Crippen LogP contribution in [-0.4, -0.2) is 15.0 Å². The Kier molecular flexibility index (Phi) is 4.50. The van der Waals surface area contributed by atoms with Crippen molar-refractivity contribution in [2.24, 2.45) is 0 Å². The van der Waals surface area contributed by atoms with E-state index >= 15 is 0 Å². The van der Waals surface area contributed by atoms with E-state index in [9.17, 15) is 8.42 Å². The maximum atomic E-state index is 12.8. The van der Waals surface area contributed by atoms with Crippen molar-refractivity contribution < 1.29 is 8.42 Å². The summed E-state index contributed by atoms with van der Waals surface area (Å²) in [6.45, 7) is 4.02. The van der Waals surface area contributed by atoms with E-state index < -0.39 is 10.0 Å². The van der Waals surface area contributed by atoms with E-state index in [4.69, 9.17) is 0 Å². The van der Waals surface area contributed by atoms with Crippen LogP contribution in [0.2, 0.25) is 0 Å². The van der Waals surface area contributed by atoms with E-state index in [1.165, 1.54) is 4.31 Å². The van der Waals surface area contributed by atoms with Crippen molar-refractivity contribution in [2.75, 3.05) is 10.8 Å². The Labute approximate surface area is 128 Å². The number of halogens is 1. The largest absolute Gasteiger partial charge is 0.267 e. The fraction of sp³-hybridized carbons (Fsp3) is 0.200. The zero-order chi connectivity index (χ0) is 14.8. The van der Waals surface area contributed by atoms with E-state index in [1.54, 1.807) is 31.2 Å². The van der Waals surface area contributed by atoms with Crippen molar-refractivity contribution >= 4 is 31.6 Å². The molecule has 0 unspecified atom stereocenters. The van der Waals surface area contributed by atoms with Gasteiger partial charge in [-0.05, 0) is 43.7 Å². The number of benzene rings is 2. The molecule has 0 aromatic heterocycles. The smallest absolute Gasteiger partial charge is 0.264 e. The first kappa shape index (κ1) is 15.1. The molecular formula is C15H16BrNO2S. The van der Waals surface area contributed by atoms with Gasteiger partial charge in [-0.25, -0.2) is 8.42 Å². The molecule has 0 fully saturated rings. The standard InChI is InChI=1S/C15H16BrNO2S/c1-3-17(14-7-5-4-6-8-14)20(18,19)15-11-13(16)10-9-12(15)2/h4-11H,3H2,1-2H3. The molecule has 0 aliphatic rings. The molecule has 2 aromatic rings. The van der Waals surface area contributed by atoms with Gasteiger partial charge in [0.25, 0.3) is 10.0 Å². The zero-order valence-corrected chi connectivity index (χ0v) is 13.8. The van der Waals surface area contributed by atoms with Gasteiger partial charge in [0, 0.05) is 11.0 Å². The van der Waals surface area contributed by atoms with Gasteiger partial charge in [0.15, 0.2) is 0 Å². The van der Waals surface area contributed by atoms with Gasteiger partial charge in [-0.15, -0.1) is 0 Å². The fourth-order valence-corrected chi connectivity index (χ4v) is 4.30. The van der Waals surface area contributed by atoms with Crippen molar-refractivity contribution in [2.45, 2.75) is 18.7 Å². The molecule has 0 atom stereocenters. The van der Waals surface area contributed by atoms with Gasteiger partial charge in [-0.3, -0.25) is 4.31 Å². The Morgan fingerprint density at radius 2 is 1.75 bits per heavy atom. The molecular weight excluding hydrogens is 338 g/mol. The summed E-state index contributed by atoms with van der Waals surface area (Å²) in [4.78, 5) is 0.331. The van der Waals surface area contributed by atoms with Crippen molar-refractivity contribution in [3.8, 4) is 0 Å². The molecule has 0 spiro atoms. The van der Waals surface area contributed by atoms with Gasteiger partial charge in [0.2, 0.25) is 0 Å². The Bertz CT molecular complexity index is 699. The van der Waals surface area contributed by atoms with Crippen molar-refractivity contribution in [3.63, 3.8) is 0 Å². The molecule has 106 valence electrons. The molecule has 5 heteroatoms. The highest BCUT2D eigenvalue weighted by atomic mass is 79.9. The Hall–Kier alpha value is -1.33. The summed E-state index contributed by atoms with van der Waals surface area (Å²) < 4.78 is 27.9. The Morgan fingerprint density at radius 1 is 1.10 bits per heavy atom. The third kappa shape index (κ3) is 2.88. The number of aryl methyl sites for hydroxylation is 1. The zero-order valence-electron chi connectivity index (χ0n) is 11.4. The van der Waals surface area contributed by atoms with E-state index in [0.717, 1.165) is 10.0 Å². The molecule has 0 saturated carbocycles. The highest BCUT2D eigenvalue weighted by Gasteiger charge is 2.25. The number of sulfonamides is 1. The quantitative estimate of drug-likeness (QED) is 0.833. The SMILES string of the molecule is CCN(c1ccccc1)S(=O)(=O)c1cc(Br)ccc1C. The average molecular weight is 354 g/mol. The van der Waals surface area contributed by atoms with Crippen LogP contribution in [0.5, 0.6) is 0 Å². The Morgan fingerprint density at radius 3 is 2.35 bits per heavy atom. The van der Waals surface area contributed by atoms with Gasteiger partial charge < -0.3 is 0 Å². The van der Waals surface area contributed by atoms with Crippen LogP contribution in [0, 0.1) is 6.92 Å². The molecule has 0 bridgehead atoms. The first-order chi connectivity index (χ1) is 9.46. The third-order valence-corrected chi connectivity index (χ3v) is 5.59. The molecule has 0 aliphatic heterocycles. The second-order valence-corrected chi connectivity index (χ2v) is 7.16. The van der Waals surface area contributed by atoms with Crippen molar-refractivity contribution in [1.82, 2.24) is 0 Å². The van der Waals surface area contributed by atoms with E-state index in [-0.39, 0.29) is 0 Å². The molecule has 0 heterocycles. The Balaban J connectivity index is 2.56. The number of anilines is 1. The second kappa shape index (κ2) is 5.97. The summed E-state index contributed by atoms with van der Waals surface area (Å²) in [5.74, 6) is 0. The van der Waals surface area contributed by atoms with Crippen LogP contribution in [0.3, 0.4) is 0 Å². The summed E-state index contributed by atoms with van der Waals surface area (Å²) in [6.07, 6.45) is 0. The van der Waals surface area contributed by atoms with E-state index in [2.05, 4.69) is 15.9 Å². The van der Waals surface area contributed by atoms with Crippen LogP contribution >= 0.6 is 15.9 Å². The first-order valence-electron chi connectivity index (χ1n) is 6.30. The van der Waals surface area contributed by atoms with E-state index in [1.807, 2.05) is 31.2 Å². The minimum Gasteiger partial charge on any atom is -0.267 e. The van der Waals surface area contributed by atoms with Crippen LogP contribution in [-0.2, 0) is 10.0 Å². The lowest BCUT2D eigenvalue weighted by molar-refractivity contribution is 0.591. The van der Waals surface area contributed by atoms with Crippen LogP contribution in [0.1, 0.15) is 12.5 Å². The number of hydrogen-bond acceptors (Lipinski definition) is 2. The number of rotatable bonds is 4. The average Bonchev–Trinajstić information content (AvgIpc) is 2.43. The first-order valence-corrected chi connectivity index (χ1v) is 8.54. The monoisotopic (exact) mass is 353 g/mol. The van der Waals surface area contributed by atoms with Gasteiger partial charge in [0.05, 0.1) is 10.6 Å².